The number of hydrogen-bond donors (Lipinski definition) is 0. The molecular weight excluding hydrogens is 470 g/mol. The predicted octanol–water partition coefficient (Wildman–Crippen LogP) is 3.89. The number of piperidine rings is 1. The van der Waals surface area contributed by atoms with Gasteiger partial charge >= 0.3 is 5.97 Å². The number of hydrogen-bond acceptors (Lipinski definition) is 5. The highest BCUT2D eigenvalue weighted by Gasteiger charge is 2.33. The number of Topliss-reactive ketones (excluding diaryl/α,β-unsaturated/α-hetero) is 1. The lowest BCUT2D eigenvalue weighted by atomic mass is 9.98. The Balaban J connectivity index is 1.55. The van der Waals surface area contributed by atoms with Gasteiger partial charge in [0, 0.05) is 23.1 Å². The third-order valence-corrected chi connectivity index (χ3v) is 8.01. The molecule has 0 spiro atoms. The van der Waals surface area contributed by atoms with Gasteiger partial charge in [0.05, 0.1) is 10.8 Å². The standard InChI is InChI=1S/C22H24BrNO5S/c1-15-7-8-18(13-16(15)2)30(27,28)24-11-9-17(10-12-24)22(26)29-14-21(25)19-5-3-4-6-20(19)23/h3-8,13,17H,9-12,14H2,1-2H3. The van der Waals surface area contributed by atoms with E-state index in [2.05, 4.69) is 15.9 Å². The van der Waals surface area contributed by atoms with E-state index >= 15 is 0 Å². The summed E-state index contributed by atoms with van der Waals surface area (Å²) in [6, 6.07) is 12.0. The highest BCUT2D eigenvalue weighted by molar-refractivity contribution is 9.10. The summed E-state index contributed by atoms with van der Waals surface area (Å²) >= 11 is 3.31. The molecule has 160 valence electrons. The summed E-state index contributed by atoms with van der Waals surface area (Å²) in [5.74, 6) is -1.16. The van der Waals surface area contributed by atoms with Crippen LogP contribution in [0.15, 0.2) is 51.8 Å². The normalized spacial score (nSPS) is 15.7. The molecule has 1 saturated heterocycles. The molecule has 1 heterocycles. The minimum Gasteiger partial charge on any atom is -0.457 e. The number of ketones is 1. The number of carbonyl (C=O) groups is 2. The number of aryl methyl sites for hydroxylation is 2. The first-order valence-corrected chi connectivity index (χ1v) is 11.9. The zero-order valence-corrected chi connectivity index (χ0v) is 19.3. The summed E-state index contributed by atoms with van der Waals surface area (Å²) in [5, 5.41) is 0. The van der Waals surface area contributed by atoms with Gasteiger partial charge in [-0.3, -0.25) is 9.59 Å². The fourth-order valence-corrected chi connectivity index (χ4v) is 5.44. The lowest BCUT2D eigenvalue weighted by Crippen LogP contribution is -2.40. The van der Waals surface area contributed by atoms with E-state index in [1.54, 1.807) is 42.5 Å². The third-order valence-electron chi connectivity index (χ3n) is 5.42. The molecule has 0 atom stereocenters. The molecule has 30 heavy (non-hydrogen) atoms. The summed E-state index contributed by atoms with van der Waals surface area (Å²) in [4.78, 5) is 24.9. The summed E-state index contributed by atoms with van der Waals surface area (Å²) in [7, 11) is -3.60. The van der Waals surface area contributed by atoms with Gasteiger partial charge in [0.2, 0.25) is 15.8 Å². The van der Waals surface area contributed by atoms with Crippen molar-refractivity contribution in [1.29, 1.82) is 0 Å². The van der Waals surface area contributed by atoms with E-state index in [4.69, 9.17) is 4.74 Å². The summed E-state index contributed by atoms with van der Waals surface area (Å²) in [5.41, 5.74) is 2.41. The predicted molar refractivity (Wildman–Crippen MR) is 117 cm³/mol. The Hall–Kier alpha value is -2.03. The van der Waals surface area contributed by atoms with Crippen molar-refractivity contribution in [2.45, 2.75) is 31.6 Å². The molecule has 0 aliphatic carbocycles. The van der Waals surface area contributed by atoms with Crippen LogP contribution in [0.2, 0.25) is 0 Å². The van der Waals surface area contributed by atoms with Crippen molar-refractivity contribution in [2.24, 2.45) is 5.92 Å². The van der Waals surface area contributed by atoms with Crippen molar-refractivity contribution < 1.29 is 22.7 Å². The van der Waals surface area contributed by atoms with E-state index in [0.29, 0.717) is 22.9 Å². The lowest BCUT2D eigenvalue weighted by molar-refractivity contribution is -0.148. The van der Waals surface area contributed by atoms with Gasteiger partial charge in [-0.2, -0.15) is 4.31 Å². The van der Waals surface area contributed by atoms with Gasteiger partial charge in [-0.1, -0.05) is 40.2 Å². The van der Waals surface area contributed by atoms with Crippen molar-refractivity contribution in [3.8, 4) is 0 Å². The van der Waals surface area contributed by atoms with Crippen LogP contribution in [0.5, 0.6) is 0 Å². The van der Waals surface area contributed by atoms with Gasteiger partial charge in [0.25, 0.3) is 0 Å². The van der Waals surface area contributed by atoms with Gasteiger partial charge in [0.15, 0.2) is 6.61 Å². The van der Waals surface area contributed by atoms with Gasteiger partial charge in [-0.15, -0.1) is 0 Å². The maximum absolute atomic E-state index is 12.9. The monoisotopic (exact) mass is 493 g/mol. The van der Waals surface area contributed by atoms with Crippen molar-refractivity contribution in [2.75, 3.05) is 19.7 Å². The van der Waals surface area contributed by atoms with Crippen molar-refractivity contribution in [3.63, 3.8) is 0 Å². The van der Waals surface area contributed by atoms with E-state index in [1.807, 2.05) is 13.8 Å². The number of benzene rings is 2. The Morgan fingerprint density at radius 3 is 2.37 bits per heavy atom. The smallest absolute Gasteiger partial charge is 0.309 e. The van der Waals surface area contributed by atoms with E-state index in [9.17, 15) is 18.0 Å². The molecule has 0 radical (unpaired) electrons. The van der Waals surface area contributed by atoms with Crippen molar-refractivity contribution >= 4 is 37.7 Å². The van der Waals surface area contributed by atoms with Crippen LogP contribution >= 0.6 is 15.9 Å². The lowest BCUT2D eigenvalue weighted by Gasteiger charge is -2.30. The van der Waals surface area contributed by atoms with Gasteiger partial charge in [-0.05, 0) is 56.0 Å². The van der Waals surface area contributed by atoms with Crippen molar-refractivity contribution in [3.05, 3.63) is 63.6 Å². The first-order valence-electron chi connectivity index (χ1n) is 9.72. The molecule has 1 aliphatic rings. The first-order chi connectivity index (χ1) is 14.2. The number of esters is 1. The van der Waals surface area contributed by atoms with Crippen LogP contribution in [-0.2, 0) is 19.6 Å². The molecule has 3 rings (SSSR count). The molecule has 0 unspecified atom stereocenters. The Kier molecular flexibility index (Phi) is 7.10. The third kappa shape index (κ3) is 4.99. The van der Waals surface area contributed by atoms with Crippen LogP contribution in [0.3, 0.4) is 0 Å². The van der Waals surface area contributed by atoms with Crippen LogP contribution in [0, 0.1) is 19.8 Å². The topological polar surface area (TPSA) is 80.8 Å². The average Bonchev–Trinajstić information content (AvgIpc) is 2.74. The summed E-state index contributed by atoms with van der Waals surface area (Å²) in [6.07, 6.45) is 0.734. The fourth-order valence-electron chi connectivity index (χ4n) is 3.37. The zero-order chi connectivity index (χ0) is 21.9. The van der Waals surface area contributed by atoms with E-state index in [1.165, 1.54) is 4.31 Å². The molecule has 0 amide bonds. The number of ether oxygens (including phenoxy) is 1. The molecule has 0 bridgehead atoms. The number of rotatable bonds is 6. The van der Waals surface area contributed by atoms with Gasteiger partial charge < -0.3 is 4.74 Å². The van der Waals surface area contributed by atoms with E-state index in [-0.39, 0.29) is 30.4 Å². The maximum Gasteiger partial charge on any atom is 0.309 e. The van der Waals surface area contributed by atoms with E-state index in [0.717, 1.165) is 11.1 Å². The van der Waals surface area contributed by atoms with Crippen LogP contribution in [-0.4, -0.2) is 44.2 Å². The number of carbonyl (C=O) groups excluding carboxylic acids is 2. The van der Waals surface area contributed by atoms with Crippen LogP contribution in [0.1, 0.15) is 34.3 Å². The number of nitrogens with zero attached hydrogens (tertiary/aromatic N) is 1. The van der Waals surface area contributed by atoms with Crippen LogP contribution in [0.25, 0.3) is 0 Å². The van der Waals surface area contributed by atoms with Crippen molar-refractivity contribution in [1.82, 2.24) is 4.31 Å². The Morgan fingerprint density at radius 1 is 1.07 bits per heavy atom. The zero-order valence-electron chi connectivity index (χ0n) is 16.9. The number of halogens is 1. The average molecular weight is 494 g/mol. The molecule has 1 aliphatic heterocycles. The minimum absolute atomic E-state index is 0.243. The summed E-state index contributed by atoms with van der Waals surface area (Å²) in [6.45, 7) is 3.97. The SMILES string of the molecule is Cc1ccc(S(=O)(=O)N2CCC(C(=O)OCC(=O)c3ccccc3Br)CC2)cc1C. The molecule has 0 N–H and O–H groups in total. The largest absolute Gasteiger partial charge is 0.457 e. The van der Waals surface area contributed by atoms with Gasteiger partial charge in [-0.25, -0.2) is 8.42 Å². The second-order valence-corrected chi connectivity index (χ2v) is 10.2. The molecule has 0 saturated carbocycles. The molecule has 2 aromatic rings. The van der Waals surface area contributed by atoms with Crippen LogP contribution in [0.4, 0.5) is 0 Å². The van der Waals surface area contributed by atoms with Crippen LogP contribution < -0.4 is 0 Å². The molecule has 0 aromatic heterocycles. The van der Waals surface area contributed by atoms with Gasteiger partial charge in [0.1, 0.15) is 0 Å². The quantitative estimate of drug-likeness (QED) is 0.450. The van der Waals surface area contributed by atoms with E-state index < -0.39 is 21.9 Å². The second-order valence-electron chi connectivity index (χ2n) is 7.44. The Morgan fingerprint density at radius 2 is 1.73 bits per heavy atom. The summed E-state index contributed by atoms with van der Waals surface area (Å²) < 4.78 is 33.1. The second kappa shape index (κ2) is 9.41. The molecular formula is C22H24BrNO5S. The fraction of sp³-hybridized carbons (Fsp3) is 0.364. The highest BCUT2D eigenvalue weighted by atomic mass is 79.9. The molecule has 8 heteroatoms. The molecule has 1 fully saturated rings. The molecule has 6 nitrogen and oxygen atoms in total. The Labute approximate surface area is 185 Å². The number of sulfonamides is 1. The first kappa shape index (κ1) is 22.7. The Bertz CT molecular complexity index is 1060. The highest BCUT2D eigenvalue weighted by Crippen LogP contribution is 2.26. The minimum atomic E-state index is -3.60. The molecule has 2 aromatic carbocycles. The maximum atomic E-state index is 12.9.